The molecule has 1 saturated heterocycles. The van der Waals surface area contributed by atoms with E-state index in [1.165, 1.54) is 10.4 Å². The second-order valence-electron chi connectivity index (χ2n) is 7.91. The maximum absolute atomic E-state index is 13.2. The number of ether oxygens (including phenoxy) is 3. The van der Waals surface area contributed by atoms with E-state index in [4.69, 9.17) is 14.2 Å². The van der Waals surface area contributed by atoms with Gasteiger partial charge in [-0.15, -0.1) is 11.3 Å². The van der Waals surface area contributed by atoms with Crippen molar-refractivity contribution in [2.45, 2.75) is 26.0 Å². The lowest BCUT2D eigenvalue weighted by atomic mass is 9.94. The van der Waals surface area contributed by atoms with Crippen molar-refractivity contribution in [2.24, 2.45) is 5.92 Å². The molecule has 3 heterocycles. The molecule has 0 bridgehead atoms. The minimum Gasteiger partial charge on any atom is -0.497 e. The molecule has 7 heteroatoms. The van der Waals surface area contributed by atoms with E-state index < -0.39 is 0 Å². The molecule has 0 aliphatic carbocycles. The van der Waals surface area contributed by atoms with Gasteiger partial charge in [0.25, 0.3) is 0 Å². The van der Waals surface area contributed by atoms with Gasteiger partial charge in [-0.3, -0.25) is 9.69 Å². The van der Waals surface area contributed by atoms with E-state index in [0.717, 1.165) is 56.2 Å². The average molecular weight is 431 g/mol. The zero-order chi connectivity index (χ0) is 21.1. The van der Waals surface area contributed by atoms with Crippen LogP contribution < -0.4 is 9.47 Å². The highest BCUT2D eigenvalue weighted by Gasteiger charge is 2.34. The summed E-state index contributed by atoms with van der Waals surface area (Å²) in [4.78, 5) is 18.9. The van der Waals surface area contributed by atoms with E-state index in [-0.39, 0.29) is 17.9 Å². The van der Waals surface area contributed by atoms with E-state index in [2.05, 4.69) is 16.3 Å². The molecule has 2 unspecified atom stereocenters. The van der Waals surface area contributed by atoms with Crippen molar-refractivity contribution < 1.29 is 19.0 Å². The smallest absolute Gasteiger partial charge is 0.228 e. The fourth-order valence-electron chi connectivity index (χ4n) is 4.38. The molecule has 1 amide bonds. The molecular formula is C23H30N2O4S. The highest BCUT2D eigenvalue weighted by molar-refractivity contribution is 7.10. The Kier molecular flexibility index (Phi) is 6.61. The van der Waals surface area contributed by atoms with Crippen LogP contribution >= 0.6 is 11.3 Å². The molecule has 0 spiro atoms. The molecular weight excluding hydrogens is 400 g/mol. The van der Waals surface area contributed by atoms with E-state index in [0.29, 0.717) is 6.61 Å². The molecule has 162 valence electrons. The maximum atomic E-state index is 13.2. The number of piperazine rings is 1. The summed E-state index contributed by atoms with van der Waals surface area (Å²) in [6.07, 6.45) is 0.836. The number of rotatable bonds is 6. The molecule has 2 aliphatic rings. The third-order valence-corrected chi connectivity index (χ3v) is 7.12. The van der Waals surface area contributed by atoms with E-state index in [9.17, 15) is 4.79 Å². The summed E-state index contributed by atoms with van der Waals surface area (Å²) in [5.74, 6) is 1.72. The third kappa shape index (κ3) is 4.33. The number of methoxy groups -OCH3 is 2. The number of hydrogen-bond acceptors (Lipinski definition) is 6. The van der Waals surface area contributed by atoms with Crippen LogP contribution in [0.25, 0.3) is 0 Å². The molecule has 1 aromatic heterocycles. The first kappa shape index (κ1) is 21.2. The minimum absolute atomic E-state index is 0.119. The molecule has 6 nitrogen and oxygen atoms in total. The van der Waals surface area contributed by atoms with Crippen LogP contribution in [0.1, 0.15) is 29.0 Å². The molecule has 0 radical (unpaired) electrons. The van der Waals surface area contributed by atoms with Crippen LogP contribution in [0.2, 0.25) is 0 Å². The van der Waals surface area contributed by atoms with Gasteiger partial charge in [0.2, 0.25) is 5.91 Å². The largest absolute Gasteiger partial charge is 0.497 e. The molecule has 1 aromatic carbocycles. The fraction of sp³-hybridized carbons (Fsp3) is 0.522. The van der Waals surface area contributed by atoms with Crippen molar-refractivity contribution in [2.75, 3.05) is 47.0 Å². The van der Waals surface area contributed by atoms with Crippen LogP contribution in [-0.2, 0) is 22.5 Å². The summed E-state index contributed by atoms with van der Waals surface area (Å²) >= 11 is 1.77. The van der Waals surface area contributed by atoms with Gasteiger partial charge in [-0.2, -0.15) is 0 Å². The number of carbonyl (C=O) groups excluding carboxylic acids is 1. The summed E-state index contributed by atoms with van der Waals surface area (Å²) in [5, 5.41) is 2.11. The summed E-state index contributed by atoms with van der Waals surface area (Å²) in [5.41, 5.74) is 2.31. The van der Waals surface area contributed by atoms with Gasteiger partial charge >= 0.3 is 0 Å². The van der Waals surface area contributed by atoms with Gasteiger partial charge in [0, 0.05) is 49.6 Å². The Morgan fingerprint density at radius 3 is 2.73 bits per heavy atom. The third-order valence-electron chi connectivity index (χ3n) is 6.12. The zero-order valence-electron chi connectivity index (χ0n) is 17.9. The number of nitrogens with zero attached hydrogens (tertiary/aromatic N) is 2. The highest BCUT2D eigenvalue weighted by atomic mass is 32.1. The first-order valence-corrected chi connectivity index (χ1v) is 11.4. The minimum atomic E-state index is -0.163. The molecule has 2 aromatic rings. The Balaban J connectivity index is 1.35. The van der Waals surface area contributed by atoms with Crippen LogP contribution in [0.15, 0.2) is 29.6 Å². The second-order valence-corrected chi connectivity index (χ2v) is 8.91. The Labute approximate surface area is 182 Å². The van der Waals surface area contributed by atoms with Crippen molar-refractivity contribution in [3.05, 3.63) is 45.6 Å². The van der Waals surface area contributed by atoms with Crippen LogP contribution in [0.5, 0.6) is 11.5 Å². The molecule has 2 aliphatic heterocycles. The van der Waals surface area contributed by atoms with Gasteiger partial charge in [-0.05, 0) is 35.2 Å². The standard InChI is InChI=1S/C23H30N2O4S/c1-16(22-19-7-13-30-21(19)6-12-29-22)23(26)25-10-8-24(9-11-25)15-17-14-18(27-2)4-5-20(17)28-3/h4-5,7,13-14,16,22H,6,8-12,15H2,1-3H3. The van der Waals surface area contributed by atoms with Crippen molar-refractivity contribution in [3.63, 3.8) is 0 Å². The topological polar surface area (TPSA) is 51.2 Å². The van der Waals surface area contributed by atoms with Gasteiger partial charge in [0.15, 0.2) is 0 Å². The molecule has 1 fully saturated rings. The lowest BCUT2D eigenvalue weighted by Gasteiger charge is -2.38. The molecule has 0 N–H and O–H groups in total. The maximum Gasteiger partial charge on any atom is 0.228 e. The van der Waals surface area contributed by atoms with Gasteiger partial charge < -0.3 is 19.1 Å². The van der Waals surface area contributed by atoms with Crippen molar-refractivity contribution in [3.8, 4) is 11.5 Å². The Bertz CT molecular complexity index is 876. The van der Waals surface area contributed by atoms with Crippen LogP contribution in [0.3, 0.4) is 0 Å². The number of thiophene rings is 1. The van der Waals surface area contributed by atoms with Crippen LogP contribution in [0, 0.1) is 5.92 Å². The number of benzene rings is 1. The van der Waals surface area contributed by atoms with Gasteiger partial charge in [-0.25, -0.2) is 0 Å². The lowest BCUT2D eigenvalue weighted by Crippen LogP contribution is -2.50. The van der Waals surface area contributed by atoms with Crippen LogP contribution in [-0.4, -0.2) is 62.7 Å². The first-order chi connectivity index (χ1) is 14.6. The predicted octanol–water partition coefficient (Wildman–Crippen LogP) is 3.36. The monoisotopic (exact) mass is 430 g/mol. The number of fused-ring (bicyclic) bond motifs is 1. The van der Waals surface area contributed by atoms with E-state index in [1.54, 1.807) is 25.6 Å². The van der Waals surface area contributed by atoms with Crippen molar-refractivity contribution in [1.82, 2.24) is 9.80 Å². The van der Waals surface area contributed by atoms with Crippen molar-refractivity contribution in [1.29, 1.82) is 0 Å². The zero-order valence-corrected chi connectivity index (χ0v) is 18.7. The SMILES string of the molecule is COc1ccc(OC)c(CN2CCN(C(=O)C(C)C3OCCc4sccc43)CC2)c1. The van der Waals surface area contributed by atoms with Gasteiger partial charge in [0.05, 0.1) is 32.8 Å². The summed E-state index contributed by atoms with van der Waals surface area (Å²) in [6, 6.07) is 8.00. The Morgan fingerprint density at radius 2 is 2.00 bits per heavy atom. The van der Waals surface area contributed by atoms with Crippen LogP contribution in [0.4, 0.5) is 0 Å². The Morgan fingerprint density at radius 1 is 1.20 bits per heavy atom. The number of amides is 1. The summed E-state index contributed by atoms with van der Waals surface area (Å²) in [6.45, 7) is 6.64. The summed E-state index contributed by atoms with van der Waals surface area (Å²) < 4.78 is 16.9. The average Bonchev–Trinajstić information content (AvgIpc) is 3.27. The van der Waals surface area contributed by atoms with Crippen molar-refractivity contribution >= 4 is 17.2 Å². The lowest BCUT2D eigenvalue weighted by molar-refractivity contribution is -0.142. The van der Waals surface area contributed by atoms with E-state index >= 15 is 0 Å². The fourth-order valence-corrected chi connectivity index (χ4v) is 5.28. The Hall–Kier alpha value is -2.09. The number of hydrogen-bond donors (Lipinski definition) is 0. The predicted molar refractivity (Wildman–Crippen MR) is 117 cm³/mol. The molecule has 2 atom stereocenters. The number of carbonyl (C=O) groups is 1. The molecule has 0 saturated carbocycles. The first-order valence-electron chi connectivity index (χ1n) is 10.5. The molecule has 30 heavy (non-hydrogen) atoms. The summed E-state index contributed by atoms with van der Waals surface area (Å²) in [7, 11) is 3.36. The normalized spacial score (nSPS) is 20.5. The molecule has 4 rings (SSSR count). The second kappa shape index (κ2) is 9.37. The van der Waals surface area contributed by atoms with Gasteiger partial charge in [0.1, 0.15) is 11.5 Å². The van der Waals surface area contributed by atoms with E-state index in [1.807, 2.05) is 30.0 Å². The van der Waals surface area contributed by atoms with Gasteiger partial charge in [-0.1, -0.05) is 6.92 Å². The highest BCUT2D eigenvalue weighted by Crippen LogP contribution is 2.36. The quantitative estimate of drug-likeness (QED) is 0.703.